The highest BCUT2D eigenvalue weighted by Gasteiger charge is 2.28. The first-order valence-corrected chi connectivity index (χ1v) is 9.45. The van der Waals surface area contributed by atoms with Gasteiger partial charge in [-0.25, -0.2) is 9.36 Å². The SMILES string of the molecule is COC(=O)C(C)(C)Cc1ccc(-n2c(C)nn(-c3ccc(C(=N)N)cc3)c2=O)cc1. The number of nitrogens with one attached hydrogen (secondary N) is 1. The van der Waals surface area contributed by atoms with Gasteiger partial charge >= 0.3 is 11.7 Å². The third-order valence-corrected chi connectivity index (χ3v) is 4.94. The molecule has 0 amide bonds. The lowest BCUT2D eigenvalue weighted by Gasteiger charge is -2.21. The van der Waals surface area contributed by atoms with Crippen LogP contribution in [0.5, 0.6) is 0 Å². The molecule has 3 aromatic rings. The summed E-state index contributed by atoms with van der Waals surface area (Å²) in [6.07, 6.45) is 0.523. The number of amidine groups is 1. The lowest BCUT2D eigenvalue weighted by atomic mass is 9.86. The molecule has 2 aromatic carbocycles. The Morgan fingerprint density at radius 2 is 1.67 bits per heavy atom. The van der Waals surface area contributed by atoms with Gasteiger partial charge in [-0.1, -0.05) is 12.1 Å². The van der Waals surface area contributed by atoms with Crippen molar-refractivity contribution in [3.05, 3.63) is 76.0 Å². The number of esters is 1. The molecule has 3 rings (SSSR count). The van der Waals surface area contributed by atoms with E-state index in [2.05, 4.69) is 5.10 Å². The molecule has 156 valence electrons. The van der Waals surface area contributed by atoms with Crippen molar-refractivity contribution in [1.29, 1.82) is 5.41 Å². The summed E-state index contributed by atoms with van der Waals surface area (Å²) in [4.78, 5) is 24.9. The molecule has 0 atom stereocenters. The zero-order valence-electron chi connectivity index (χ0n) is 17.5. The molecule has 0 saturated carbocycles. The third-order valence-electron chi connectivity index (χ3n) is 4.94. The van der Waals surface area contributed by atoms with Gasteiger partial charge in [-0.15, -0.1) is 5.10 Å². The maximum Gasteiger partial charge on any atom is 0.355 e. The molecule has 0 radical (unpaired) electrons. The number of hydrogen-bond donors (Lipinski definition) is 2. The van der Waals surface area contributed by atoms with Gasteiger partial charge < -0.3 is 10.5 Å². The van der Waals surface area contributed by atoms with Crippen molar-refractivity contribution in [3.8, 4) is 11.4 Å². The van der Waals surface area contributed by atoms with E-state index < -0.39 is 5.41 Å². The molecule has 0 aliphatic carbocycles. The van der Waals surface area contributed by atoms with Gasteiger partial charge in [-0.05, 0) is 69.2 Å². The van der Waals surface area contributed by atoms with Gasteiger partial charge in [-0.2, -0.15) is 4.68 Å². The number of hydrogen-bond acceptors (Lipinski definition) is 5. The van der Waals surface area contributed by atoms with Gasteiger partial charge in [-0.3, -0.25) is 10.2 Å². The van der Waals surface area contributed by atoms with E-state index in [1.54, 1.807) is 31.2 Å². The topological polar surface area (TPSA) is 116 Å². The predicted molar refractivity (Wildman–Crippen MR) is 114 cm³/mol. The number of carbonyl (C=O) groups is 1. The largest absolute Gasteiger partial charge is 0.469 e. The second kappa shape index (κ2) is 7.98. The van der Waals surface area contributed by atoms with Crippen LogP contribution in [0.25, 0.3) is 11.4 Å². The summed E-state index contributed by atoms with van der Waals surface area (Å²) in [6, 6.07) is 14.2. The highest BCUT2D eigenvalue weighted by molar-refractivity contribution is 5.95. The fraction of sp³-hybridized carbons (Fsp3) is 0.273. The molecule has 0 fully saturated rings. The molecular weight excluding hydrogens is 382 g/mol. The van der Waals surface area contributed by atoms with Crippen LogP contribution < -0.4 is 11.4 Å². The third kappa shape index (κ3) is 4.03. The first-order valence-electron chi connectivity index (χ1n) is 9.45. The van der Waals surface area contributed by atoms with Crippen LogP contribution in [0.3, 0.4) is 0 Å². The van der Waals surface area contributed by atoms with Crippen LogP contribution in [-0.2, 0) is 16.0 Å². The minimum absolute atomic E-state index is 0.0360. The van der Waals surface area contributed by atoms with Crippen molar-refractivity contribution in [2.45, 2.75) is 27.2 Å². The summed E-state index contributed by atoms with van der Waals surface area (Å²) in [6.45, 7) is 5.43. The average molecular weight is 407 g/mol. The number of benzene rings is 2. The molecule has 0 spiro atoms. The summed E-state index contributed by atoms with van der Waals surface area (Å²) >= 11 is 0. The first kappa shape index (κ1) is 21.0. The molecule has 3 N–H and O–H groups in total. The van der Waals surface area contributed by atoms with E-state index >= 15 is 0 Å². The average Bonchev–Trinajstić information content (AvgIpc) is 3.02. The van der Waals surface area contributed by atoms with Crippen molar-refractivity contribution in [3.63, 3.8) is 0 Å². The molecule has 1 heterocycles. The second-order valence-corrected chi connectivity index (χ2v) is 7.76. The molecule has 0 aliphatic heterocycles. The Kier molecular flexibility index (Phi) is 5.60. The lowest BCUT2D eigenvalue weighted by molar-refractivity contribution is -0.150. The van der Waals surface area contributed by atoms with Gasteiger partial charge in [0.05, 0.1) is 23.9 Å². The van der Waals surface area contributed by atoms with E-state index in [1.165, 1.54) is 16.4 Å². The summed E-state index contributed by atoms with van der Waals surface area (Å²) in [5, 5.41) is 11.8. The fourth-order valence-electron chi connectivity index (χ4n) is 3.33. The predicted octanol–water partition coefficient (Wildman–Crippen LogP) is 2.36. The first-order chi connectivity index (χ1) is 14.1. The van der Waals surface area contributed by atoms with E-state index in [4.69, 9.17) is 15.9 Å². The number of nitrogens with zero attached hydrogens (tertiary/aromatic N) is 3. The summed E-state index contributed by atoms with van der Waals surface area (Å²) < 4.78 is 7.70. The monoisotopic (exact) mass is 407 g/mol. The highest BCUT2D eigenvalue weighted by atomic mass is 16.5. The fourth-order valence-corrected chi connectivity index (χ4v) is 3.33. The Labute approximate surface area is 174 Å². The molecule has 30 heavy (non-hydrogen) atoms. The molecule has 0 saturated heterocycles. The Morgan fingerprint density at radius 1 is 1.10 bits per heavy atom. The second-order valence-electron chi connectivity index (χ2n) is 7.76. The summed E-state index contributed by atoms with van der Waals surface area (Å²) in [5.74, 6) is 0.236. The smallest absolute Gasteiger partial charge is 0.355 e. The number of methoxy groups -OCH3 is 1. The van der Waals surface area contributed by atoms with Gasteiger partial charge in [0.15, 0.2) is 0 Å². The Hall–Kier alpha value is -3.68. The maximum absolute atomic E-state index is 13.0. The van der Waals surface area contributed by atoms with Gasteiger partial charge in [0.25, 0.3) is 0 Å². The van der Waals surface area contributed by atoms with E-state index in [1.807, 2.05) is 38.1 Å². The van der Waals surface area contributed by atoms with Gasteiger partial charge in [0.1, 0.15) is 11.7 Å². The molecule has 8 heteroatoms. The molecule has 0 unspecified atom stereocenters. The van der Waals surface area contributed by atoms with Crippen molar-refractivity contribution in [1.82, 2.24) is 14.3 Å². The number of nitrogens with two attached hydrogens (primary N) is 1. The molecular formula is C22H25N5O3. The standard InChI is InChI=1S/C22H25N5O3/c1-14-25-27(18-11-7-16(8-12-18)19(23)24)21(29)26(14)17-9-5-15(6-10-17)13-22(2,3)20(28)30-4/h5-12H,13H2,1-4H3,(H3,23,24). The maximum atomic E-state index is 13.0. The van der Waals surface area contributed by atoms with Crippen LogP contribution >= 0.6 is 0 Å². The van der Waals surface area contributed by atoms with Crippen LogP contribution in [-0.4, -0.2) is 33.3 Å². The molecule has 0 bridgehead atoms. The van der Waals surface area contributed by atoms with Gasteiger partial charge in [0, 0.05) is 5.56 Å². The van der Waals surface area contributed by atoms with Crippen LogP contribution in [0.2, 0.25) is 0 Å². The van der Waals surface area contributed by atoms with Crippen LogP contribution in [0.4, 0.5) is 0 Å². The van der Waals surface area contributed by atoms with Crippen molar-refractivity contribution in [2.24, 2.45) is 11.1 Å². The van der Waals surface area contributed by atoms with Crippen LogP contribution in [0, 0.1) is 17.7 Å². The lowest BCUT2D eigenvalue weighted by Crippen LogP contribution is -2.28. The normalized spacial score (nSPS) is 11.3. The van der Waals surface area contributed by atoms with Crippen LogP contribution in [0.15, 0.2) is 53.3 Å². The minimum Gasteiger partial charge on any atom is -0.469 e. The zero-order valence-corrected chi connectivity index (χ0v) is 17.5. The van der Waals surface area contributed by atoms with Crippen molar-refractivity contribution >= 4 is 11.8 Å². The van der Waals surface area contributed by atoms with Crippen molar-refractivity contribution < 1.29 is 9.53 Å². The van der Waals surface area contributed by atoms with Crippen LogP contribution in [0.1, 0.15) is 30.8 Å². The quantitative estimate of drug-likeness (QED) is 0.370. The van der Waals surface area contributed by atoms with E-state index in [9.17, 15) is 9.59 Å². The van der Waals surface area contributed by atoms with Gasteiger partial charge in [0.2, 0.25) is 0 Å². The Morgan fingerprint density at radius 3 is 2.20 bits per heavy atom. The molecule has 8 nitrogen and oxygen atoms in total. The van der Waals surface area contributed by atoms with E-state index in [0.717, 1.165) is 5.56 Å². The number of aromatic nitrogens is 3. The number of aryl methyl sites for hydroxylation is 1. The molecule has 1 aromatic heterocycles. The Bertz CT molecular complexity index is 1140. The molecule has 0 aliphatic rings. The van der Waals surface area contributed by atoms with E-state index in [-0.39, 0.29) is 17.5 Å². The summed E-state index contributed by atoms with van der Waals surface area (Å²) in [5.41, 5.74) is 7.35. The number of carbonyl (C=O) groups excluding carboxylic acids is 1. The summed E-state index contributed by atoms with van der Waals surface area (Å²) in [7, 11) is 1.38. The minimum atomic E-state index is -0.639. The number of ether oxygens (including phenoxy) is 1. The number of nitrogen functional groups attached to an aromatic ring is 1. The zero-order chi connectivity index (χ0) is 22.1. The van der Waals surface area contributed by atoms with Crippen molar-refractivity contribution in [2.75, 3.05) is 7.11 Å². The van der Waals surface area contributed by atoms with E-state index in [0.29, 0.717) is 29.2 Å². The Balaban J connectivity index is 1.91. The highest BCUT2D eigenvalue weighted by Crippen LogP contribution is 2.24. The number of rotatable bonds is 6.